The third-order valence-corrected chi connectivity index (χ3v) is 1.56. The van der Waals surface area contributed by atoms with Gasteiger partial charge in [-0.3, -0.25) is 4.68 Å². The molecule has 1 heterocycles. The van der Waals surface area contributed by atoms with Gasteiger partial charge in [0, 0.05) is 6.42 Å². The van der Waals surface area contributed by atoms with Crippen LogP contribution in [-0.2, 0) is 13.1 Å². The van der Waals surface area contributed by atoms with Crippen molar-refractivity contribution in [3.8, 4) is 11.8 Å². The van der Waals surface area contributed by atoms with Crippen LogP contribution in [0.1, 0.15) is 19.2 Å². The molecule has 13 heavy (non-hydrogen) atoms. The minimum absolute atomic E-state index is 0.715. The molecule has 0 radical (unpaired) electrons. The molecule has 0 aliphatic rings. The highest BCUT2D eigenvalue weighted by atomic mass is 15.3. The number of aromatic nitrogens is 3. The highest BCUT2D eigenvalue weighted by Gasteiger charge is 1.97. The standard InChI is InChI=1S/C9H14N4/c1-3-4-5-6-13-8-11-9(12-13)7-10-2/h8,10H,5-7H2,1-2H3. The third kappa shape index (κ3) is 3.26. The predicted molar refractivity (Wildman–Crippen MR) is 50.9 cm³/mol. The Balaban J connectivity index is 2.42. The topological polar surface area (TPSA) is 42.7 Å². The molecule has 70 valence electrons. The molecule has 0 spiro atoms. The fourth-order valence-corrected chi connectivity index (χ4v) is 0.975. The van der Waals surface area contributed by atoms with E-state index >= 15 is 0 Å². The largest absolute Gasteiger partial charge is 0.313 e. The zero-order valence-electron chi connectivity index (χ0n) is 8.04. The van der Waals surface area contributed by atoms with Crippen molar-refractivity contribution >= 4 is 0 Å². The lowest BCUT2D eigenvalue weighted by molar-refractivity contribution is 0.613. The van der Waals surface area contributed by atoms with Crippen molar-refractivity contribution in [3.63, 3.8) is 0 Å². The fourth-order valence-electron chi connectivity index (χ4n) is 0.975. The molecule has 1 N–H and O–H groups in total. The zero-order chi connectivity index (χ0) is 9.52. The number of hydrogen-bond donors (Lipinski definition) is 1. The Hall–Kier alpha value is -1.34. The van der Waals surface area contributed by atoms with Crippen molar-refractivity contribution in [1.82, 2.24) is 20.1 Å². The lowest BCUT2D eigenvalue weighted by Gasteiger charge is -1.94. The van der Waals surface area contributed by atoms with Crippen LogP contribution in [0, 0.1) is 11.8 Å². The molecule has 0 aliphatic carbocycles. The van der Waals surface area contributed by atoms with E-state index in [1.165, 1.54) is 0 Å². The predicted octanol–water partition coefficient (Wildman–Crippen LogP) is 0.411. The molecule has 0 aliphatic heterocycles. The Morgan fingerprint density at radius 2 is 2.46 bits per heavy atom. The summed E-state index contributed by atoms with van der Waals surface area (Å²) in [6, 6.07) is 0. The van der Waals surface area contributed by atoms with Crippen molar-refractivity contribution in [2.24, 2.45) is 0 Å². The second kappa shape index (κ2) is 5.33. The van der Waals surface area contributed by atoms with Gasteiger partial charge < -0.3 is 5.32 Å². The quantitative estimate of drug-likeness (QED) is 0.679. The molecule has 0 fully saturated rings. The van der Waals surface area contributed by atoms with E-state index in [0.29, 0.717) is 6.54 Å². The Morgan fingerprint density at radius 3 is 3.15 bits per heavy atom. The molecule has 0 amide bonds. The van der Waals surface area contributed by atoms with Gasteiger partial charge in [-0.15, -0.1) is 11.8 Å². The van der Waals surface area contributed by atoms with Gasteiger partial charge in [0.1, 0.15) is 6.33 Å². The number of aryl methyl sites for hydroxylation is 1. The minimum atomic E-state index is 0.715. The van der Waals surface area contributed by atoms with Gasteiger partial charge in [-0.1, -0.05) is 0 Å². The second-order valence-corrected chi connectivity index (χ2v) is 2.63. The van der Waals surface area contributed by atoms with Gasteiger partial charge in [0.05, 0.1) is 13.1 Å². The van der Waals surface area contributed by atoms with Crippen LogP contribution in [0.3, 0.4) is 0 Å². The van der Waals surface area contributed by atoms with E-state index in [9.17, 15) is 0 Å². The molecular formula is C9H14N4. The van der Waals surface area contributed by atoms with E-state index in [4.69, 9.17) is 0 Å². The van der Waals surface area contributed by atoms with Gasteiger partial charge in [0.25, 0.3) is 0 Å². The van der Waals surface area contributed by atoms with Crippen LogP contribution in [0.2, 0.25) is 0 Å². The Morgan fingerprint density at radius 1 is 1.62 bits per heavy atom. The van der Waals surface area contributed by atoms with Crippen molar-refractivity contribution in [2.75, 3.05) is 7.05 Å². The lowest BCUT2D eigenvalue weighted by Crippen LogP contribution is -2.07. The highest BCUT2D eigenvalue weighted by Crippen LogP contribution is 1.90. The normalized spacial score (nSPS) is 9.38. The van der Waals surface area contributed by atoms with Gasteiger partial charge in [0.2, 0.25) is 0 Å². The summed E-state index contributed by atoms with van der Waals surface area (Å²) in [5.41, 5.74) is 0. The SMILES string of the molecule is CC#CCCn1cnc(CNC)n1. The van der Waals surface area contributed by atoms with Crippen LogP contribution < -0.4 is 5.32 Å². The number of rotatable bonds is 4. The lowest BCUT2D eigenvalue weighted by atomic mass is 10.4. The van der Waals surface area contributed by atoms with Crippen LogP contribution >= 0.6 is 0 Å². The summed E-state index contributed by atoms with van der Waals surface area (Å²) in [6.07, 6.45) is 2.57. The zero-order valence-corrected chi connectivity index (χ0v) is 8.04. The molecule has 1 rings (SSSR count). The summed E-state index contributed by atoms with van der Waals surface area (Å²) in [4.78, 5) is 4.13. The van der Waals surface area contributed by atoms with Crippen molar-refractivity contribution < 1.29 is 0 Å². The summed E-state index contributed by atoms with van der Waals surface area (Å²) >= 11 is 0. The van der Waals surface area contributed by atoms with E-state index < -0.39 is 0 Å². The number of nitrogens with one attached hydrogen (secondary N) is 1. The van der Waals surface area contributed by atoms with Crippen molar-refractivity contribution in [2.45, 2.75) is 26.4 Å². The van der Waals surface area contributed by atoms with Crippen LogP contribution in [-0.4, -0.2) is 21.8 Å². The molecule has 4 nitrogen and oxygen atoms in total. The highest BCUT2D eigenvalue weighted by molar-refractivity contribution is 4.94. The van der Waals surface area contributed by atoms with Gasteiger partial charge >= 0.3 is 0 Å². The molecule has 0 saturated heterocycles. The smallest absolute Gasteiger partial charge is 0.164 e. The molecule has 0 saturated carbocycles. The number of hydrogen-bond acceptors (Lipinski definition) is 3. The minimum Gasteiger partial charge on any atom is -0.313 e. The summed E-state index contributed by atoms with van der Waals surface area (Å²) in [5.74, 6) is 6.66. The Bertz CT molecular complexity index is 305. The Kier molecular flexibility index (Phi) is 4.00. The summed E-state index contributed by atoms with van der Waals surface area (Å²) in [5, 5.41) is 7.25. The number of nitrogens with zero attached hydrogens (tertiary/aromatic N) is 3. The van der Waals surface area contributed by atoms with Crippen molar-refractivity contribution in [3.05, 3.63) is 12.2 Å². The first-order valence-corrected chi connectivity index (χ1v) is 4.29. The van der Waals surface area contributed by atoms with Gasteiger partial charge in [0.15, 0.2) is 5.82 Å². The fraction of sp³-hybridized carbons (Fsp3) is 0.556. The van der Waals surface area contributed by atoms with Gasteiger partial charge in [-0.2, -0.15) is 5.10 Å². The van der Waals surface area contributed by atoms with E-state index in [2.05, 4.69) is 27.2 Å². The summed E-state index contributed by atoms with van der Waals surface area (Å²) in [7, 11) is 1.88. The van der Waals surface area contributed by atoms with Crippen LogP contribution in [0.15, 0.2) is 6.33 Å². The summed E-state index contributed by atoms with van der Waals surface area (Å²) < 4.78 is 1.82. The van der Waals surface area contributed by atoms with E-state index in [0.717, 1.165) is 18.8 Å². The molecule has 1 aromatic heterocycles. The maximum atomic E-state index is 4.25. The van der Waals surface area contributed by atoms with Crippen LogP contribution in [0.5, 0.6) is 0 Å². The average molecular weight is 178 g/mol. The molecule has 4 heteroatoms. The molecule has 1 aromatic rings. The van der Waals surface area contributed by atoms with E-state index in [1.54, 1.807) is 6.33 Å². The van der Waals surface area contributed by atoms with Gasteiger partial charge in [-0.25, -0.2) is 4.98 Å². The first-order valence-electron chi connectivity index (χ1n) is 4.29. The van der Waals surface area contributed by atoms with E-state index in [-0.39, 0.29) is 0 Å². The molecule has 0 atom stereocenters. The van der Waals surface area contributed by atoms with Crippen molar-refractivity contribution in [1.29, 1.82) is 0 Å². The molecule has 0 aromatic carbocycles. The van der Waals surface area contributed by atoms with Crippen LogP contribution in [0.4, 0.5) is 0 Å². The maximum Gasteiger partial charge on any atom is 0.164 e. The molecule has 0 bridgehead atoms. The second-order valence-electron chi connectivity index (χ2n) is 2.63. The first-order chi connectivity index (χ1) is 6.36. The van der Waals surface area contributed by atoms with Crippen LogP contribution in [0.25, 0.3) is 0 Å². The first kappa shape index (κ1) is 9.75. The van der Waals surface area contributed by atoms with Gasteiger partial charge in [-0.05, 0) is 14.0 Å². The molecular weight excluding hydrogens is 164 g/mol. The van der Waals surface area contributed by atoms with E-state index in [1.807, 2.05) is 18.7 Å². The maximum absolute atomic E-state index is 4.25. The molecule has 0 unspecified atom stereocenters. The monoisotopic (exact) mass is 178 g/mol. The average Bonchev–Trinajstić information content (AvgIpc) is 2.54. The Labute approximate surface area is 78.4 Å². The summed E-state index contributed by atoms with van der Waals surface area (Å²) in [6.45, 7) is 3.37. The third-order valence-electron chi connectivity index (χ3n) is 1.56.